The molecule has 2 N–H and O–H groups in total. The minimum absolute atomic E-state index is 0.541. The van der Waals surface area contributed by atoms with Crippen molar-refractivity contribution in [2.45, 2.75) is 13.3 Å². The minimum Gasteiger partial charge on any atom is -0.497 e. The number of hydrazone groups is 1. The zero-order valence-electron chi connectivity index (χ0n) is 14.4. The number of benzene rings is 1. The Morgan fingerprint density at radius 1 is 1.38 bits per heavy atom. The highest BCUT2D eigenvalue weighted by molar-refractivity contribution is 7.80. The van der Waals surface area contributed by atoms with Gasteiger partial charge in [-0.25, -0.2) is 0 Å². The number of rotatable bonds is 7. The molecule has 0 saturated carbocycles. The van der Waals surface area contributed by atoms with Crippen molar-refractivity contribution in [1.82, 2.24) is 15.6 Å². The van der Waals surface area contributed by atoms with Gasteiger partial charge in [-0.05, 0) is 44.2 Å². The number of nitrogens with zero attached hydrogens (tertiary/aromatic N) is 2. The van der Waals surface area contributed by atoms with E-state index in [1.165, 1.54) is 0 Å². The fraction of sp³-hybridized carbons (Fsp3) is 0.529. The SMILES string of the molecule is COc1cccc(/C(C)=N/NC(=S)NCCCN2CCOCC2)c1. The van der Waals surface area contributed by atoms with E-state index in [-0.39, 0.29) is 0 Å². The third kappa shape index (κ3) is 6.43. The maximum Gasteiger partial charge on any atom is 0.186 e. The summed E-state index contributed by atoms with van der Waals surface area (Å²) in [5.41, 5.74) is 4.74. The van der Waals surface area contributed by atoms with Gasteiger partial charge in [0.2, 0.25) is 0 Å². The van der Waals surface area contributed by atoms with E-state index in [1.807, 2.05) is 31.2 Å². The van der Waals surface area contributed by atoms with Crippen molar-refractivity contribution in [2.24, 2.45) is 5.10 Å². The Balaban J connectivity index is 1.67. The van der Waals surface area contributed by atoms with Crippen LogP contribution in [0.2, 0.25) is 0 Å². The minimum atomic E-state index is 0.541. The Hall–Kier alpha value is -1.70. The molecule has 0 unspecified atom stereocenters. The van der Waals surface area contributed by atoms with Crippen molar-refractivity contribution >= 4 is 23.0 Å². The van der Waals surface area contributed by atoms with Crippen molar-refractivity contribution in [3.05, 3.63) is 29.8 Å². The summed E-state index contributed by atoms with van der Waals surface area (Å²) >= 11 is 5.25. The zero-order chi connectivity index (χ0) is 17.2. The van der Waals surface area contributed by atoms with Crippen LogP contribution in [0.15, 0.2) is 29.4 Å². The van der Waals surface area contributed by atoms with E-state index in [9.17, 15) is 0 Å². The monoisotopic (exact) mass is 350 g/mol. The maximum absolute atomic E-state index is 5.34. The molecule has 0 spiro atoms. The van der Waals surface area contributed by atoms with Crippen LogP contribution in [-0.4, -0.2) is 62.2 Å². The van der Waals surface area contributed by atoms with Gasteiger partial charge < -0.3 is 14.8 Å². The van der Waals surface area contributed by atoms with E-state index in [4.69, 9.17) is 21.7 Å². The molecule has 0 radical (unpaired) electrons. The van der Waals surface area contributed by atoms with Crippen LogP contribution < -0.4 is 15.5 Å². The molecule has 1 aliphatic heterocycles. The van der Waals surface area contributed by atoms with Crippen LogP contribution >= 0.6 is 12.2 Å². The van der Waals surface area contributed by atoms with Gasteiger partial charge in [0.05, 0.1) is 26.0 Å². The van der Waals surface area contributed by atoms with E-state index >= 15 is 0 Å². The van der Waals surface area contributed by atoms with Gasteiger partial charge in [-0.3, -0.25) is 10.3 Å². The van der Waals surface area contributed by atoms with Gasteiger partial charge in [0.1, 0.15) is 5.75 Å². The fourth-order valence-corrected chi connectivity index (χ4v) is 2.56. The topological polar surface area (TPSA) is 58.1 Å². The second-order valence-electron chi connectivity index (χ2n) is 5.60. The fourth-order valence-electron chi connectivity index (χ4n) is 2.42. The highest BCUT2D eigenvalue weighted by Gasteiger charge is 2.09. The van der Waals surface area contributed by atoms with Crippen molar-refractivity contribution in [3.8, 4) is 5.75 Å². The van der Waals surface area contributed by atoms with Crippen LogP contribution in [0.25, 0.3) is 0 Å². The van der Waals surface area contributed by atoms with Crippen molar-refractivity contribution in [1.29, 1.82) is 0 Å². The van der Waals surface area contributed by atoms with Gasteiger partial charge in [-0.2, -0.15) is 5.10 Å². The second kappa shape index (κ2) is 10.2. The summed E-state index contributed by atoms with van der Waals surface area (Å²) in [4.78, 5) is 2.41. The number of nitrogens with one attached hydrogen (secondary N) is 2. The van der Waals surface area contributed by atoms with Gasteiger partial charge in [-0.15, -0.1) is 0 Å². The standard InChI is InChI=1S/C17H26N4O2S/c1-14(15-5-3-6-16(13-15)22-2)19-20-17(24)18-7-4-8-21-9-11-23-12-10-21/h3,5-6,13H,4,7-12H2,1-2H3,(H2,18,20,24)/b19-14+. The molecule has 0 aromatic heterocycles. The summed E-state index contributed by atoms with van der Waals surface area (Å²) in [5, 5.41) is 8.04. The molecule has 1 heterocycles. The lowest BCUT2D eigenvalue weighted by molar-refractivity contribution is 0.0376. The molecule has 6 nitrogen and oxygen atoms in total. The van der Waals surface area contributed by atoms with E-state index in [0.29, 0.717) is 5.11 Å². The third-order valence-electron chi connectivity index (χ3n) is 3.85. The number of thiocarbonyl (C=S) groups is 1. The van der Waals surface area contributed by atoms with E-state index < -0.39 is 0 Å². The summed E-state index contributed by atoms with van der Waals surface area (Å²) in [7, 11) is 1.65. The number of methoxy groups -OCH3 is 1. The van der Waals surface area contributed by atoms with E-state index in [0.717, 1.165) is 62.8 Å². The first-order chi connectivity index (χ1) is 11.7. The van der Waals surface area contributed by atoms with Gasteiger partial charge in [-0.1, -0.05) is 12.1 Å². The van der Waals surface area contributed by atoms with Gasteiger partial charge in [0.25, 0.3) is 0 Å². The first kappa shape index (κ1) is 18.6. The third-order valence-corrected chi connectivity index (χ3v) is 4.09. The molecule has 1 aliphatic rings. The summed E-state index contributed by atoms with van der Waals surface area (Å²) in [6.07, 6.45) is 1.04. The molecule has 1 aromatic rings. The maximum atomic E-state index is 5.34. The molecule has 0 bridgehead atoms. The normalized spacial score (nSPS) is 15.8. The average molecular weight is 350 g/mol. The summed E-state index contributed by atoms with van der Waals surface area (Å²) in [6.45, 7) is 7.54. The van der Waals surface area contributed by atoms with Crippen LogP contribution in [0.1, 0.15) is 18.9 Å². The Morgan fingerprint density at radius 2 is 2.17 bits per heavy atom. The number of hydrogen-bond acceptors (Lipinski definition) is 5. The quantitative estimate of drug-likeness (QED) is 0.337. The van der Waals surface area contributed by atoms with Crippen molar-refractivity contribution < 1.29 is 9.47 Å². The molecule has 0 aliphatic carbocycles. The van der Waals surface area contributed by atoms with Crippen LogP contribution in [0.4, 0.5) is 0 Å². The summed E-state index contributed by atoms with van der Waals surface area (Å²) in [5.74, 6) is 0.811. The number of ether oxygens (including phenoxy) is 2. The second-order valence-corrected chi connectivity index (χ2v) is 6.01. The average Bonchev–Trinajstić information content (AvgIpc) is 2.64. The first-order valence-electron chi connectivity index (χ1n) is 8.21. The van der Waals surface area contributed by atoms with Gasteiger partial charge in [0.15, 0.2) is 5.11 Å². The summed E-state index contributed by atoms with van der Waals surface area (Å²) < 4.78 is 10.6. The van der Waals surface area contributed by atoms with Gasteiger partial charge >= 0.3 is 0 Å². The van der Waals surface area contributed by atoms with Crippen molar-refractivity contribution in [3.63, 3.8) is 0 Å². The van der Waals surface area contributed by atoms with Crippen molar-refractivity contribution in [2.75, 3.05) is 46.5 Å². The highest BCUT2D eigenvalue weighted by atomic mass is 32.1. The molecule has 1 saturated heterocycles. The molecule has 24 heavy (non-hydrogen) atoms. The first-order valence-corrected chi connectivity index (χ1v) is 8.62. The number of hydrogen-bond donors (Lipinski definition) is 2. The van der Waals surface area contributed by atoms with Crippen LogP contribution in [-0.2, 0) is 4.74 Å². The lowest BCUT2D eigenvalue weighted by Gasteiger charge is -2.26. The van der Waals surface area contributed by atoms with Crippen LogP contribution in [0.3, 0.4) is 0 Å². The molecule has 1 aromatic carbocycles. The molecule has 0 amide bonds. The highest BCUT2D eigenvalue weighted by Crippen LogP contribution is 2.13. The predicted molar refractivity (Wildman–Crippen MR) is 101 cm³/mol. The van der Waals surface area contributed by atoms with Gasteiger partial charge in [0, 0.05) is 25.2 Å². The van der Waals surface area contributed by atoms with Crippen LogP contribution in [0, 0.1) is 0 Å². The molecule has 2 rings (SSSR count). The lowest BCUT2D eigenvalue weighted by atomic mass is 10.1. The molecule has 0 atom stereocenters. The Kier molecular flexibility index (Phi) is 7.94. The molecule has 132 valence electrons. The van der Waals surface area contributed by atoms with Crippen LogP contribution in [0.5, 0.6) is 5.75 Å². The smallest absolute Gasteiger partial charge is 0.186 e. The zero-order valence-corrected chi connectivity index (χ0v) is 15.2. The molecular formula is C17H26N4O2S. The Labute approximate surface area is 149 Å². The molecule has 1 fully saturated rings. The Morgan fingerprint density at radius 3 is 2.92 bits per heavy atom. The summed E-state index contributed by atoms with van der Waals surface area (Å²) in [6, 6.07) is 7.78. The molecular weight excluding hydrogens is 324 g/mol. The largest absolute Gasteiger partial charge is 0.497 e. The van der Waals surface area contributed by atoms with E-state index in [2.05, 4.69) is 20.7 Å². The number of morpholine rings is 1. The Bertz CT molecular complexity index is 559. The lowest BCUT2D eigenvalue weighted by Crippen LogP contribution is -2.39. The van der Waals surface area contributed by atoms with E-state index in [1.54, 1.807) is 7.11 Å². The molecule has 7 heteroatoms. The predicted octanol–water partition coefficient (Wildman–Crippen LogP) is 1.61.